The molecule has 1 aliphatic rings. The van der Waals surface area contributed by atoms with Gasteiger partial charge < -0.3 is 25.4 Å². The van der Waals surface area contributed by atoms with Crippen LogP contribution in [0.15, 0.2) is 79.0 Å². The topological polar surface area (TPSA) is 80.5 Å². The Labute approximate surface area is 246 Å². The first-order valence-electron chi connectivity index (χ1n) is 14.2. The summed E-state index contributed by atoms with van der Waals surface area (Å²) in [6.45, 7) is 4.01. The predicted octanol–water partition coefficient (Wildman–Crippen LogP) is 6.58. The molecule has 7 nitrogen and oxygen atoms in total. The number of carbonyl (C=O) groups is 2. The number of benzene rings is 3. The highest BCUT2D eigenvalue weighted by Crippen LogP contribution is 2.31. The number of hydrogen-bond donors (Lipinski definition) is 3. The Bertz CT molecular complexity index is 1490. The van der Waals surface area contributed by atoms with Gasteiger partial charge in [-0.1, -0.05) is 61.0 Å². The number of nitrogens with one attached hydrogen (secondary N) is 3. The molecular formula is C33H38ClN5O2. The second-order valence-corrected chi connectivity index (χ2v) is 11.7. The van der Waals surface area contributed by atoms with Crippen molar-refractivity contribution in [3.05, 3.63) is 101 Å². The van der Waals surface area contributed by atoms with Gasteiger partial charge in [0, 0.05) is 53.4 Å². The van der Waals surface area contributed by atoms with Gasteiger partial charge in [-0.15, -0.1) is 0 Å². The van der Waals surface area contributed by atoms with E-state index in [0.29, 0.717) is 24.7 Å². The zero-order chi connectivity index (χ0) is 28.9. The minimum Gasteiger partial charge on any atom is -0.361 e. The van der Waals surface area contributed by atoms with E-state index < -0.39 is 6.04 Å². The zero-order valence-electron chi connectivity index (χ0n) is 23.9. The molecule has 5 rings (SSSR count). The average Bonchev–Trinajstić information content (AvgIpc) is 3.40. The number of H-pyrrole nitrogens is 1. The summed E-state index contributed by atoms with van der Waals surface area (Å²) in [6, 6.07) is 22.9. The van der Waals surface area contributed by atoms with Crippen LogP contribution in [0.5, 0.6) is 0 Å². The van der Waals surface area contributed by atoms with E-state index in [1.165, 1.54) is 5.56 Å². The van der Waals surface area contributed by atoms with E-state index in [4.69, 9.17) is 11.6 Å². The van der Waals surface area contributed by atoms with Crippen LogP contribution in [0.1, 0.15) is 48.3 Å². The van der Waals surface area contributed by atoms with Crippen LogP contribution < -0.4 is 10.6 Å². The summed E-state index contributed by atoms with van der Waals surface area (Å²) in [4.78, 5) is 34.6. The number of para-hydroxylation sites is 1. The monoisotopic (exact) mass is 571 g/mol. The van der Waals surface area contributed by atoms with E-state index in [1.54, 1.807) is 0 Å². The molecule has 0 aliphatic carbocycles. The molecule has 214 valence electrons. The lowest BCUT2D eigenvalue weighted by atomic mass is 9.89. The number of piperidine rings is 1. The number of urea groups is 1. The van der Waals surface area contributed by atoms with Crippen molar-refractivity contribution < 1.29 is 9.59 Å². The molecule has 0 unspecified atom stereocenters. The first-order chi connectivity index (χ1) is 19.8. The maximum Gasteiger partial charge on any atom is 0.318 e. The van der Waals surface area contributed by atoms with Crippen molar-refractivity contribution in [1.29, 1.82) is 0 Å². The lowest BCUT2D eigenvalue weighted by molar-refractivity contribution is -0.118. The summed E-state index contributed by atoms with van der Waals surface area (Å²) in [5.41, 5.74) is 5.05. The van der Waals surface area contributed by atoms with Gasteiger partial charge in [0.05, 0.1) is 0 Å². The Kier molecular flexibility index (Phi) is 8.96. The summed E-state index contributed by atoms with van der Waals surface area (Å²) in [6.07, 6.45) is 3.67. The van der Waals surface area contributed by atoms with Gasteiger partial charge in [0.2, 0.25) is 5.91 Å². The largest absolute Gasteiger partial charge is 0.361 e. The summed E-state index contributed by atoms with van der Waals surface area (Å²) in [5.74, 6) is -0.129. The Morgan fingerprint density at radius 3 is 2.49 bits per heavy atom. The maximum atomic E-state index is 13.8. The molecule has 0 bridgehead atoms. The van der Waals surface area contributed by atoms with Gasteiger partial charge in [-0.3, -0.25) is 4.79 Å². The first-order valence-corrected chi connectivity index (χ1v) is 14.6. The number of anilines is 1. The minimum absolute atomic E-state index is 0.215. The molecular weight excluding hydrogens is 534 g/mol. The van der Waals surface area contributed by atoms with Crippen LogP contribution in [0.2, 0.25) is 5.02 Å². The molecule has 1 saturated heterocycles. The number of aromatic nitrogens is 1. The number of carbonyl (C=O) groups excluding carboxylic acids is 2. The van der Waals surface area contributed by atoms with Crippen molar-refractivity contribution in [2.45, 2.75) is 44.2 Å². The predicted molar refractivity (Wildman–Crippen MR) is 166 cm³/mol. The van der Waals surface area contributed by atoms with Crippen LogP contribution in [-0.2, 0) is 11.3 Å². The summed E-state index contributed by atoms with van der Waals surface area (Å²) >= 11 is 6.06. The molecule has 4 aromatic rings. The summed E-state index contributed by atoms with van der Waals surface area (Å²) < 4.78 is 0. The third-order valence-electron chi connectivity index (χ3n) is 7.99. The van der Waals surface area contributed by atoms with Gasteiger partial charge in [-0.05, 0) is 79.9 Å². The van der Waals surface area contributed by atoms with Crippen LogP contribution in [-0.4, -0.2) is 59.9 Å². The van der Waals surface area contributed by atoms with Gasteiger partial charge in [-0.25, -0.2) is 4.79 Å². The number of nitrogens with zero attached hydrogens (tertiary/aromatic N) is 2. The fraction of sp³-hybridized carbons (Fsp3) is 0.333. The summed E-state index contributed by atoms with van der Waals surface area (Å²) in [7, 11) is 4.02. The normalized spacial score (nSPS) is 15.6. The number of fused-ring (bicyclic) bond motifs is 1. The van der Waals surface area contributed by atoms with Crippen LogP contribution >= 0.6 is 11.6 Å². The van der Waals surface area contributed by atoms with Crippen molar-refractivity contribution in [3.8, 4) is 0 Å². The van der Waals surface area contributed by atoms with E-state index in [-0.39, 0.29) is 17.9 Å². The van der Waals surface area contributed by atoms with Crippen molar-refractivity contribution in [2.75, 3.05) is 32.5 Å². The van der Waals surface area contributed by atoms with Gasteiger partial charge in [0.1, 0.15) is 6.04 Å². The van der Waals surface area contributed by atoms with Crippen LogP contribution in [0.4, 0.5) is 10.5 Å². The highest BCUT2D eigenvalue weighted by Gasteiger charge is 2.32. The van der Waals surface area contributed by atoms with E-state index in [1.807, 2.05) is 92.8 Å². The first kappa shape index (κ1) is 28.7. The van der Waals surface area contributed by atoms with Gasteiger partial charge in [-0.2, -0.15) is 0 Å². The molecule has 1 fully saturated rings. The van der Waals surface area contributed by atoms with E-state index >= 15 is 0 Å². The number of likely N-dealkylation sites (tertiary alicyclic amines) is 1. The van der Waals surface area contributed by atoms with Gasteiger partial charge in [0.25, 0.3) is 0 Å². The molecule has 2 heterocycles. The second kappa shape index (κ2) is 12.8. The zero-order valence-corrected chi connectivity index (χ0v) is 24.6. The molecule has 0 radical (unpaired) electrons. The molecule has 0 spiro atoms. The number of rotatable bonds is 8. The fourth-order valence-electron chi connectivity index (χ4n) is 5.78. The third-order valence-corrected chi connectivity index (χ3v) is 8.24. The van der Waals surface area contributed by atoms with Crippen molar-refractivity contribution >= 4 is 40.1 Å². The molecule has 41 heavy (non-hydrogen) atoms. The molecule has 3 aromatic carbocycles. The lowest BCUT2D eigenvalue weighted by Crippen LogP contribution is -2.53. The minimum atomic E-state index is -0.770. The third kappa shape index (κ3) is 6.92. The molecule has 8 heteroatoms. The van der Waals surface area contributed by atoms with E-state index in [0.717, 1.165) is 46.4 Å². The Hall–Kier alpha value is -3.81. The lowest BCUT2D eigenvalue weighted by Gasteiger charge is -2.34. The molecule has 1 aromatic heterocycles. The quantitative estimate of drug-likeness (QED) is 0.223. The van der Waals surface area contributed by atoms with Crippen molar-refractivity contribution in [1.82, 2.24) is 20.1 Å². The molecule has 2 atom stereocenters. The highest BCUT2D eigenvalue weighted by atomic mass is 35.5. The number of halogens is 1. The van der Waals surface area contributed by atoms with Crippen LogP contribution in [0.25, 0.3) is 10.9 Å². The fourth-order valence-corrected chi connectivity index (χ4v) is 5.90. The molecule has 0 saturated carbocycles. The molecule has 3 N–H and O–H groups in total. The van der Waals surface area contributed by atoms with Gasteiger partial charge >= 0.3 is 6.03 Å². The van der Waals surface area contributed by atoms with E-state index in [2.05, 4.69) is 32.7 Å². The van der Waals surface area contributed by atoms with Gasteiger partial charge in [0.15, 0.2) is 0 Å². The Morgan fingerprint density at radius 2 is 1.76 bits per heavy atom. The average molecular weight is 572 g/mol. The smallest absolute Gasteiger partial charge is 0.318 e. The van der Waals surface area contributed by atoms with Crippen LogP contribution in [0, 0.1) is 0 Å². The standard InChI is InChI=1S/C33H38ClN5O2/c1-22(29-20-35-30-10-5-4-9-28(29)30)31(32(40)36-27-8-6-7-23(19-27)21-38(2)3)37-33(41)39-17-15-25(16-18-39)24-11-13-26(34)14-12-24/h4-14,19-20,22,25,31,35H,15-18,21H2,1-3H3,(H,36,40)(H,37,41)/t22-,31+/m0/s1. The number of amides is 3. The number of aromatic amines is 1. The van der Waals surface area contributed by atoms with Crippen molar-refractivity contribution in [2.24, 2.45) is 0 Å². The van der Waals surface area contributed by atoms with Crippen molar-refractivity contribution in [3.63, 3.8) is 0 Å². The highest BCUT2D eigenvalue weighted by molar-refractivity contribution is 6.30. The van der Waals surface area contributed by atoms with E-state index in [9.17, 15) is 9.59 Å². The Balaban J connectivity index is 1.33. The number of hydrogen-bond acceptors (Lipinski definition) is 3. The molecule has 1 aliphatic heterocycles. The SMILES string of the molecule is C[C@@H](c1c[nH]c2ccccc12)[C@@H](NC(=O)N1CCC(c2ccc(Cl)cc2)CC1)C(=O)Nc1cccc(CN(C)C)c1. The maximum absolute atomic E-state index is 13.8. The Morgan fingerprint density at radius 1 is 1.02 bits per heavy atom. The second-order valence-electron chi connectivity index (χ2n) is 11.2. The molecule has 3 amide bonds. The summed E-state index contributed by atoms with van der Waals surface area (Å²) in [5, 5.41) is 7.95. The van der Waals surface area contributed by atoms with Crippen LogP contribution in [0.3, 0.4) is 0 Å².